The molecule has 0 fully saturated rings. The number of esters is 1. The molecular formula is C13H10FNO2S. The summed E-state index contributed by atoms with van der Waals surface area (Å²) in [6.45, 7) is 0. The fraction of sp³-hybridized carbons (Fsp3) is 0.0769. The molecule has 1 aromatic carbocycles. The first-order valence-corrected chi connectivity index (χ1v) is 5.59. The molecule has 1 heterocycles. The van der Waals surface area contributed by atoms with Gasteiger partial charge in [-0.3, -0.25) is 0 Å². The highest BCUT2D eigenvalue weighted by Gasteiger charge is 2.10. The molecule has 0 aliphatic carbocycles. The highest BCUT2D eigenvalue weighted by Crippen LogP contribution is 2.20. The lowest BCUT2D eigenvalue weighted by Gasteiger charge is -2.05. The van der Waals surface area contributed by atoms with E-state index in [0.29, 0.717) is 15.8 Å². The van der Waals surface area contributed by atoms with Crippen molar-refractivity contribution in [3.63, 3.8) is 0 Å². The number of benzene rings is 1. The molecule has 0 amide bonds. The number of aromatic amines is 1. The summed E-state index contributed by atoms with van der Waals surface area (Å²) in [5, 5.41) is 0. The Hall–Kier alpha value is -2.01. The molecule has 0 aliphatic heterocycles. The fourth-order valence-corrected chi connectivity index (χ4v) is 1.78. The maximum atomic E-state index is 13.5. The number of carbonyl (C=O) groups excluding carboxylic acids is 1. The Kier molecular flexibility index (Phi) is 3.53. The van der Waals surface area contributed by atoms with E-state index in [1.54, 1.807) is 24.4 Å². The number of halogens is 1. The number of rotatable bonds is 2. The number of hydrogen-bond donors (Lipinski definition) is 1. The van der Waals surface area contributed by atoms with Crippen LogP contribution >= 0.6 is 12.2 Å². The van der Waals surface area contributed by atoms with Gasteiger partial charge >= 0.3 is 5.97 Å². The van der Waals surface area contributed by atoms with Gasteiger partial charge in [0.15, 0.2) is 0 Å². The van der Waals surface area contributed by atoms with Crippen molar-refractivity contribution in [2.75, 3.05) is 7.11 Å². The van der Waals surface area contributed by atoms with Crippen LogP contribution in [0.15, 0.2) is 36.5 Å². The third-order valence-electron chi connectivity index (χ3n) is 2.40. The molecular weight excluding hydrogens is 253 g/mol. The van der Waals surface area contributed by atoms with Gasteiger partial charge < -0.3 is 9.72 Å². The van der Waals surface area contributed by atoms with Crippen molar-refractivity contribution in [3.8, 4) is 11.3 Å². The van der Waals surface area contributed by atoms with Gasteiger partial charge in [-0.25, -0.2) is 9.18 Å². The first kappa shape index (κ1) is 12.4. The van der Waals surface area contributed by atoms with Crippen molar-refractivity contribution in [1.82, 2.24) is 4.98 Å². The quantitative estimate of drug-likeness (QED) is 0.667. The van der Waals surface area contributed by atoms with Crippen LogP contribution in [0.1, 0.15) is 10.4 Å². The third kappa shape index (κ3) is 2.62. The van der Waals surface area contributed by atoms with Crippen molar-refractivity contribution in [3.05, 3.63) is 52.4 Å². The van der Waals surface area contributed by atoms with Crippen LogP contribution < -0.4 is 0 Å². The smallest absolute Gasteiger partial charge is 0.337 e. The predicted octanol–water partition coefficient (Wildman–Crippen LogP) is 3.34. The van der Waals surface area contributed by atoms with Gasteiger partial charge in [-0.05, 0) is 30.3 Å². The summed E-state index contributed by atoms with van der Waals surface area (Å²) in [5.41, 5.74) is 1.35. The maximum absolute atomic E-state index is 13.5. The van der Waals surface area contributed by atoms with Crippen LogP contribution in [0.4, 0.5) is 4.39 Å². The third-order valence-corrected chi connectivity index (χ3v) is 2.66. The number of carbonyl (C=O) groups is 1. The minimum absolute atomic E-state index is 0.163. The summed E-state index contributed by atoms with van der Waals surface area (Å²) in [6, 6.07) is 7.43. The van der Waals surface area contributed by atoms with E-state index in [2.05, 4.69) is 9.72 Å². The minimum Gasteiger partial charge on any atom is -0.465 e. The van der Waals surface area contributed by atoms with E-state index >= 15 is 0 Å². The standard InChI is InChI=1S/C13H10FNO2S/c1-17-13(16)9-4-8(5-10(14)6-9)12-7-11(18)2-3-15-12/h2-7H,1H3,(H,15,18). The molecule has 0 bridgehead atoms. The number of methoxy groups -OCH3 is 1. The van der Waals surface area contributed by atoms with E-state index in [1.165, 1.54) is 13.2 Å². The number of aromatic nitrogens is 1. The molecule has 92 valence electrons. The summed E-state index contributed by atoms with van der Waals surface area (Å²) in [4.78, 5) is 14.3. The number of H-pyrrole nitrogens is 1. The molecule has 3 nitrogen and oxygen atoms in total. The molecule has 2 aromatic rings. The normalized spacial score (nSPS) is 10.1. The Morgan fingerprint density at radius 3 is 2.78 bits per heavy atom. The Balaban J connectivity index is 2.55. The highest BCUT2D eigenvalue weighted by molar-refractivity contribution is 7.71. The van der Waals surface area contributed by atoms with Crippen LogP contribution in [-0.2, 0) is 4.74 Å². The van der Waals surface area contributed by atoms with Crippen LogP contribution in [0.25, 0.3) is 11.3 Å². The number of ether oxygens (including phenoxy) is 1. The van der Waals surface area contributed by atoms with Gasteiger partial charge in [0, 0.05) is 22.0 Å². The van der Waals surface area contributed by atoms with Gasteiger partial charge in [0.1, 0.15) is 5.82 Å². The van der Waals surface area contributed by atoms with E-state index in [4.69, 9.17) is 12.2 Å². The average Bonchev–Trinajstić information content (AvgIpc) is 2.37. The molecule has 0 aliphatic rings. The molecule has 18 heavy (non-hydrogen) atoms. The van der Waals surface area contributed by atoms with Crippen molar-refractivity contribution >= 4 is 18.2 Å². The Morgan fingerprint density at radius 1 is 1.33 bits per heavy atom. The molecule has 0 radical (unpaired) electrons. The van der Waals surface area contributed by atoms with E-state index in [-0.39, 0.29) is 5.56 Å². The summed E-state index contributed by atoms with van der Waals surface area (Å²) in [7, 11) is 1.25. The Morgan fingerprint density at radius 2 is 2.11 bits per heavy atom. The lowest BCUT2D eigenvalue weighted by molar-refractivity contribution is 0.0600. The first-order valence-electron chi connectivity index (χ1n) is 5.18. The van der Waals surface area contributed by atoms with Crippen LogP contribution in [0.5, 0.6) is 0 Å². The molecule has 0 spiro atoms. The van der Waals surface area contributed by atoms with E-state index < -0.39 is 11.8 Å². The predicted molar refractivity (Wildman–Crippen MR) is 68.4 cm³/mol. The van der Waals surface area contributed by atoms with Gasteiger partial charge in [-0.15, -0.1) is 0 Å². The minimum atomic E-state index is -0.578. The van der Waals surface area contributed by atoms with Crippen LogP contribution in [0, 0.1) is 10.3 Å². The molecule has 0 saturated carbocycles. The molecule has 0 atom stereocenters. The lowest BCUT2D eigenvalue weighted by atomic mass is 10.1. The summed E-state index contributed by atoms with van der Waals surface area (Å²) >= 11 is 5.03. The summed E-state index contributed by atoms with van der Waals surface area (Å²) in [6.07, 6.45) is 1.67. The fourth-order valence-electron chi connectivity index (χ4n) is 1.59. The van der Waals surface area contributed by atoms with E-state index in [1.807, 2.05) is 0 Å². The zero-order valence-electron chi connectivity index (χ0n) is 9.57. The second-order valence-electron chi connectivity index (χ2n) is 3.66. The highest BCUT2D eigenvalue weighted by atomic mass is 32.1. The maximum Gasteiger partial charge on any atom is 0.337 e. The van der Waals surface area contributed by atoms with E-state index in [0.717, 1.165) is 6.07 Å². The van der Waals surface area contributed by atoms with Crippen LogP contribution in [0.2, 0.25) is 0 Å². The monoisotopic (exact) mass is 263 g/mol. The van der Waals surface area contributed by atoms with Crippen molar-refractivity contribution < 1.29 is 13.9 Å². The molecule has 0 unspecified atom stereocenters. The van der Waals surface area contributed by atoms with Crippen molar-refractivity contribution in [1.29, 1.82) is 0 Å². The molecule has 5 heteroatoms. The second-order valence-corrected chi connectivity index (χ2v) is 4.13. The first-order chi connectivity index (χ1) is 8.60. The van der Waals surface area contributed by atoms with Crippen LogP contribution in [-0.4, -0.2) is 18.1 Å². The van der Waals surface area contributed by atoms with Gasteiger partial charge in [-0.2, -0.15) is 0 Å². The lowest BCUT2D eigenvalue weighted by Crippen LogP contribution is -2.02. The largest absolute Gasteiger partial charge is 0.465 e. The zero-order valence-corrected chi connectivity index (χ0v) is 10.4. The topological polar surface area (TPSA) is 42.1 Å². The number of hydrogen-bond acceptors (Lipinski definition) is 3. The van der Waals surface area contributed by atoms with Crippen molar-refractivity contribution in [2.45, 2.75) is 0 Å². The van der Waals surface area contributed by atoms with Crippen LogP contribution in [0.3, 0.4) is 0 Å². The van der Waals surface area contributed by atoms with E-state index in [9.17, 15) is 9.18 Å². The van der Waals surface area contributed by atoms with Crippen molar-refractivity contribution in [2.24, 2.45) is 0 Å². The summed E-state index contributed by atoms with van der Waals surface area (Å²) < 4.78 is 18.7. The molecule has 0 saturated heterocycles. The average molecular weight is 263 g/mol. The summed E-state index contributed by atoms with van der Waals surface area (Å²) in [5.74, 6) is -1.08. The zero-order chi connectivity index (χ0) is 13.1. The Bertz CT molecular complexity index is 651. The van der Waals surface area contributed by atoms with Gasteiger partial charge in [0.05, 0.1) is 12.7 Å². The SMILES string of the molecule is COC(=O)c1cc(F)cc(-c2cc(=S)cc[nH]2)c1. The molecule has 2 rings (SSSR count). The number of pyridine rings is 1. The van der Waals surface area contributed by atoms with Gasteiger partial charge in [0.25, 0.3) is 0 Å². The van der Waals surface area contributed by atoms with Gasteiger partial charge in [0.2, 0.25) is 0 Å². The molecule has 1 N–H and O–H groups in total. The second kappa shape index (κ2) is 5.10. The molecule has 1 aromatic heterocycles. The van der Waals surface area contributed by atoms with Gasteiger partial charge in [-0.1, -0.05) is 12.2 Å². The number of nitrogens with one attached hydrogen (secondary N) is 1. The Labute approximate surface area is 108 Å².